The van der Waals surface area contributed by atoms with Crippen LogP contribution in [0.25, 0.3) is 6.08 Å². The Labute approximate surface area is 199 Å². The van der Waals surface area contributed by atoms with E-state index in [1.807, 2.05) is 62.4 Å². The third-order valence-electron chi connectivity index (χ3n) is 4.78. The number of hydrogen-bond donors (Lipinski definition) is 0. The predicted molar refractivity (Wildman–Crippen MR) is 135 cm³/mol. The molecule has 1 aliphatic heterocycles. The zero-order chi connectivity index (χ0) is 22.8. The van der Waals surface area contributed by atoms with Crippen LogP contribution in [0.3, 0.4) is 0 Å². The average molecular weight is 479 g/mol. The molecule has 1 heterocycles. The van der Waals surface area contributed by atoms with E-state index in [2.05, 4.69) is 0 Å². The molecule has 0 N–H and O–H groups in total. The lowest BCUT2D eigenvalue weighted by Crippen LogP contribution is -2.27. The van der Waals surface area contributed by atoms with E-state index in [1.54, 1.807) is 18.2 Å². The van der Waals surface area contributed by atoms with E-state index in [9.17, 15) is 14.9 Å². The summed E-state index contributed by atoms with van der Waals surface area (Å²) in [6, 6.07) is 20.4. The van der Waals surface area contributed by atoms with Gasteiger partial charge in [0.1, 0.15) is 0 Å². The molecule has 0 unspecified atom stereocenters. The Bertz CT molecular complexity index is 1270. The first kappa shape index (κ1) is 22.3. The number of nitrogens with zero attached hydrogens (tertiary/aromatic N) is 2. The maximum absolute atomic E-state index is 13.0. The van der Waals surface area contributed by atoms with Crippen molar-refractivity contribution in [3.05, 3.63) is 98.4 Å². The second kappa shape index (κ2) is 9.28. The van der Waals surface area contributed by atoms with Crippen LogP contribution in [0.1, 0.15) is 16.7 Å². The van der Waals surface area contributed by atoms with E-state index in [0.717, 1.165) is 16.0 Å². The Morgan fingerprint density at radius 1 is 1.03 bits per heavy atom. The number of nitro groups is 1. The van der Waals surface area contributed by atoms with Crippen molar-refractivity contribution in [2.45, 2.75) is 23.6 Å². The molecule has 0 saturated carbocycles. The Kier molecular flexibility index (Phi) is 6.45. The first-order valence-corrected chi connectivity index (χ1v) is 11.7. The van der Waals surface area contributed by atoms with Crippen molar-refractivity contribution >= 4 is 63.4 Å². The van der Waals surface area contributed by atoms with E-state index in [4.69, 9.17) is 12.2 Å². The monoisotopic (exact) mass is 478 g/mol. The smallest absolute Gasteiger partial charge is 0.268 e. The first-order chi connectivity index (χ1) is 15.3. The Morgan fingerprint density at radius 3 is 2.47 bits per heavy atom. The van der Waals surface area contributed by atoms with Crippen molar-refractivity contribution < 1.29 is 9.72 Å². The molecule has 0 aliphatic carbocycles. The van der Waals surface area contributed by atoms with Crippen molar-refractivity contribution in [2.24, 2.45) is 0 Å². The van der Waals surface area contributed by atoms with Crippen LogP contribution in [0, 0.1) is 24.0 Å². The van der Waals surface area contributed by atoms with Crippen LogP contribution in [0.4, 0.5) is 11.4 Å². The van der Waals surface area contributed by atoms with Gasteiger partial charge in [-0.3, -0.25) is 19.8 Å². The van der Waals surface area contributed by atoms with Crippen molar-refractivity contribution in [2.75, 3.05) is 4.90 Å². The van der Waals surface area contributed by atoms with Gasteiger partial charge in [0.05, 0.1) is 20.4 Å². The lowest BCUT2D eigenvalue weighted by atomic mass is 10.1. The van der Waals surface area contributed by atoms with Crippen LogP contribution in [-0.4, -0.2) is 15.2 Å². The van der Waals surface area contributed by atoms with Gasteiger partial charge in [-0.05, 0) is 61.4 Å². The van der Waals surface area contributed by atoms with Crippen molar-refractivity contribution in [3.8, 4) is 0 Å². The maximum atomic E-state index is 13.0. The number of carbonyl (C=O) groups excluding carboxylic acids is 1. The third-order valence-corrected chi connectivity index (χ3v) is 7.15. The Hall–Kier alpha value is -2.94. The normalized spacial score (nSPS) is 14.9. The summed E-state index contributed by atoms with van der Waals surface area (Å²) in [5.74, 6) is -0.230. The second-order valence-corrected chi connectivity index (χ2v) is 10.0. The molecule has 1 aliphatic rings. The topological polar surface area (TPSA) is 63.5 Å². The number of aryl methyl sites for hydroxylation is 2. The number of hydrogen-bond acceptors (Lipinski definition) is 6. The summed E-state index contributed by atoms with van der Waals surface area (Å²) in [6.07, 6.45) is 1.66. The number of thiocarbonyl (C=S) groups is 1. The van der Waals surface area contributed by atoms with Gasteiger partial charge in [0.25, 0.3) is 11.6 Å². The number of anilines is 1. The molecular formula is C24H18N2O3S3. The molecule has 1 amide bonds. The molecule has 3 aromatic carbocycles. The number of benzene rings is 3. The fourth-order valence-electron chi connectivity index (χ4n) is 3.20. The van der Waals surface area contributed by atoms with E-state index < -0.39 is 4.92 Å². The standard InChI is InChI=1S/C24H18N2O3S3/c1-15-6-9-19(10-7-15)31-21-11-8-17(13-20(21)26(28)29)14-22-23(27)25(24(30)32-22)18-5-3-4-16(2)12-18/h3-14H,1-2H3/b22-14+. The molecular weight excluding hydrogens is 460 g/mol. The van der Waals surface area contributed by atoms with E-state index in [1.165, 1.54) is 34.5 Å². The minimum Gasteiger partial charge on any atom is -0.268 e. The highest BCUT2D eigenvalue weighted by Crippen LogP contribution is 2.39. The quantitative estimate of drug-likeness (QED) is 0.175. The largest absolute Gasteiger partial charge is 0.283 e. The molecule has 1 saturated heterocycles. The van der Waals surface area contributed by atoms with E-state index in [0.29, 0.717) is 25.4 Å². The van der Waals surface area contributed by atoms with Gasteiger partial charge in [-0.25, -0.2) is 0 Å². The fourth-order valence-corrected chi connectivity index (χ4v) is 5.39. The number of carbonyl (C=O) groups is 1. The number of amides is 1. The molecule has 0 atom stereocenters. The highest BCUT2D eigenvalue weighted by Gasteiger charge is 2.33. The molecule has 0 radical (unpaired) electrons. The van der Waals surface area contributed by atoms with Gasteiger partial charge in [0.2, 0.25) is 0 Å². The summed E-state index contributed by atoms with van der Waals surface area (Å²) in [7, 11) is 0. The van der Waals surface area contributed by atoms with Crippen LogP contribution >= 0.6 is 35.7 Å². The minimum absolute atomic E-state index is 0.00140. The van der Waals surface area contributed by atoms with Gasteiger partial charge in [-0.1, -0.05) is 71.6 Å². The molecule has 1 fully saturated rings. The van der Waals surface area contributed by atoms with Crippen molar-refractivity contribution in [1.29, 1.82) is 0 Å². The molecule has 3 aromatic rings. The third kappa shape index (κ3) is 4.77. The summed E-state index contributed by atoms with van der Waals surface area (Å²) >= 11 is 7.95. The zero-order valence-corrected chi connectivity index (χ0v) is 19.7. The first-order valence-electron chi connectivity index (χ1n) is 9.69. The lowest BCUT2D eigenvalue weighted by molar-refractivity contribution is -0.387. The lowest BCUT2D eigenvalue weighted by Gasteiger charge is -2.14. The van der Waals surface area contributed by atoms with Gasteiger partial charge >= 0.3 is 0 Å². The second-order valence-electron chi connectivity index (χ2n) is 7.26. The van der Waals surface area contributed by atoms with Crippen LogP contribution in [0.2, 0.25) is 0 Å². The molecule has 0 bridgehead atoms. The minimum atomic E-state index is -0.397. The molecule has 5 nitrogen and oxygen atoms in total. The molecule has 0 spiro atoms. The van der Waals surface area contributed by atoms with Crippen LogP contribution in [-0.2, 0) is 4.79 Å². The van der Waals surface area contributed by atoms with Crippen molar-refractivity contribution in [1.82, 2.24) is 0 Å². The van der Waals surface area contributed by atoms with E-state index in [-0.39, 0.29) is 11.6 Å². The molecule has 0 aromatic heterocycles. The fraction of sp³-hybridized carbons (Fsp3) is 0.0833. The summed E-state index contributed by atoms with van der Waals surface area (Å²) in [5.41, 5.74) is 3.44. The SMILES string of the molecule is Cc1ccc(Sc2ccc(/C=C3/SC(=S)N(c4cccc(C)c4)C3=O)cc2[N+](=O)[O-])cc1. The average Bonchev–Trinajstić information content (AvgIpc) is 3.03. The summed E-state index contributed by atoms with van der Waals surface area (Å²) in [6.45, 7) is 3.94. The summed E-state index contributed by atoms with van der Waals surface area (Å²) in [4.78, 5) is 27.7. The highest BCUT2D eigenvalue weighted by molar-refractivity contribution is 8.27. The molecule has 160 valence electrons. The molecule has 32 heavy (non-hydrogen) atoms. The van der Waals surface area contributed by atoms with Crippen molar-refractivity contribution in [3.63, 3.8) is 0 Å². The van der Waals surface area contributed by atoms with Crippen LogP contribution < -0.4 is 4.90 Å². The Balaban J connectivity index is 1.63. The Morgan fingerprint density at radius 2 is 1.78 bits per heavy atom. The van der Waals surface area contributed by atoms with Gasteiger partial charge in [0.15, 0.2) is 4.32 Å². The van der Waals surface area contributed by atoms with Crippen LogP contribution in [0.5, 0.6) is 0 Å². The maximum Gasteiger partial charge on any atom is 0.283 e. The van der Waals surface area contributed by atoms with Crippen LogP contribution in [0.15, 0.2) is 81.4 Å². The number of thioether (sulfide) groups is 1. The number of rotatable bonds is 5. The zero-order valence-electron chi connectivity index (χ0n) is 17.3. The van der Waals surface area contributed by atoms with E-state index >= 15 is 0 Å². The van der Waals surface area contributed by atoms with Gasteiger partial charge in [-0.15, -0.1) is 0 Å². The van der Waals surface area contributed by atoms with Gasteiger partial charge in [-0.2, -0.15) is 0 Å². The number of nitro benzene ring substituents is 1. The molecule has 4 rings (SSSR count). The summed E-state index contributed by atoms with van der Waals surface area (Å²) in [5, 5.41) is 11.7. The molecule has 8 heteroatoms. The summed E-state index contributed by atoms with van der Waals surface area (Å²) < 4.78 is 0.438. The highest BCUT2D eigenvalue weighted by atomic mass is 32.2. The van der Waals surface area contributed by atoms with Gasteiger partial charge < -0.3 is 0 Å². The predicted octanol–water partition coefficient (Wildman–Crippen LogP) is 6.77. The van der Waals surface area contributed by atoms with Gasteiger partial charge in [0, 0.05) is 11.0 Å².